The number of ether oxygens (including phenoxy) is 2. The quantitative estimate of drug-likeness (QED) is 0.792. The van der Waals surface area contributed by atoms with Crippen LogP contribution in [0.2, 0.25) is 0 Å². The SMILES string of the molecule is O=C(CCOc1ccccc1)N1CC(CO)C(CN2CCOCC2)C1. The average Bonchev–Trinajstić information content (AvgIpc) is 3.06. The minimum Gasteiger partial charge on any atom is -0.493 e. The highest BCUT2D eigenvalue weighted by molar-refractivity contribution is 5.76. The lowest BCUT2D eigenvalue weighted by molar-refractivity contribution is -0.131. The Morgan fingerprint density at radius 3 is 2.60 bits per heavy atom. The molecular formula is C19H28N2O4. The molecule has 0 aromatic heterocycles. The molecular weight excluding hydrogens is 320 g/mol. The number of aliphatic hydroxyl groups is 1. The molecule has 2 heterocycles. The summed E-state index contributed by atoms with van der Waals surface area (Å²) in [6.07, 6.45) is 0.372. The van der Waals surface area contributed by atoms with Crippen LogP contribution >= 0.6 is 0 Å². The van der Waals surface area contributed by atoms with Gasteiger partial charge in [-0.25, -0.2) is 0 Å². The van der Waals surface area contributed by atoms with Crippen LogP contribution in [0.5, 0.6) is 5.75 Å². The number of rotatable bonds is 7. The van der Waals surface area contributed by atoms with E-state index in [9.17, 15) is 9.90 Å². The van der Waals surface area contributed by atoms with Gasteiger partial charge in [0.2, 0.25) is 5.91 Å². The van der Waals surface area contributed by atoms with E-state index in [1.54, 1.807) is 0 Å². The largest absolute Gasteiger partial charge is 0.493 e. The lowest BCUT2D eigenvalue weighted by atomic mass is 9.96. The molecule has 0 aliphatic carbocycles. The predicted molar refractivity (Wildman–Crippen MR) is 94.5 cm³/mol. The van der Waals surface area contributed by atoms with Gasteiger partial charge in [0.1, 0.15) is 5.75 Å². The molecule has 1 aromatic carbocycles. The van der Waals surface area contributed by atoms with Crippen molar-refractivity contribution in [2.75, 3.05) is 59.2 Å². The van der Waals surface area contributed by atoms with Gasteiger partial charge in [0.15, 0.2) is 0 Å². The summed E-state index contributed by atoms with van der Waals surface area (Å²) in [5, 5.41) is 9.68. The highest BCUT2D eigenvalue weighted by Crippen LogP contribution is 2.25. The molecule has 0 radical (unpaired) electrons. The van der Waals surface area contributed by atoms with Gasteiger partial charge in [-0.3, -0.25) is 9.69 Å². The number of morpholine rings is 1. The van der Waals surface area contributed by atoms with E-state index in [0.717, 1.165) is 45.1 Å². The Bertz CT molecular complexity index is 533. The highest BCUT2D eigenvalue weighted by atomic mass is 16.5. The number of benzene rings is 1. The molecule has 0 bridgehead atoms. The Hall–Kier alpha value is -1.63. The van der Waals surface area contributed by atoms with Gasteiger partial charge in [-0.1, -0.05) is 18.2 Å². The summed E-state index contributed by atoms with van der Waals surface area (Å²) in [4.78, 5) is 16.7. The third kappa shape index (κ3) is 5.17. The van der Waals surface area contributed by atoms with Crippen molar-refractivity contribution in [1.82, 2.24) is 9.80 Å². The highest BCUT2D eigenvalue weighted by Gasteiger charge is 2.35. The minimum atomic E-state index is 0.110. The molecule has 25 heavy (non-hydrogen) atoms. The number of para-hydroxylation sites is 1. The summed E-state index contributed by atoms with van der Waals surface area (Å²) in [6, 6.07) is 9.55. The Balaban J connectivity index is 1.44. The molecule has 2 fully saturated rings. The van der Waals surface area contributed by atoms with Crippen LogP contribution in [0, 0.1) is 11.8 Å². The van der Waals surface area contributed by atoms with Crippen molar-refractivity contribution in [2.45, 2.75) is 6.42 Å². The molecule has 2 aliphatic heterocycles. The first-order chi connectivity index (χ1) is 12.3. The average molecular weight is 348 g/mol. The second kappa shape index (κ2) is 9.17. The molecule has 0 spiro atoms. The molecule has 2 aliphatic rings. The van der Waals surface area contributed by atoms with E-state index in [-0.39, 0.29) is 18.4 Å². The maximum Gasteiger partial charge on any atom is 0.226 e. The first-order valence-corrected chi connectivity index (χ1v) is 9.13. The van der Waals surface area contributed by atoms with Gasteiger partial charge < -0.3 is 19.5 Å². The predicted octanol–water partition coefficient (Wildman–Crippen LogP) is 0.855. The van der Waals surface area contributed by atoms with Crippen molar-refractivity contribution < 1.29 is 19.4 Å². The van der Waals surface area contributed by atoms with E-state index in [1.807, 2.05) is 35.2 Å². The van der Waals surface area contributed by atoms with E-state index < -0.39 is 0 Å². The zero-order valence-electron chi connectivity index (χ0n) is 14.7. The fraction of sp³-hybridized carbons (Fsp3) is 0.632. The molecule has 138 valence electrons. The lowest BCUT2D eigenvalue weighted by Gasteiger charge is -2.30. The smallest absolute Gasteiger partial charge is 0.226 e. The zero-order chi connectivity index (χ0) is 17.5. The van der Waals surface area contributed by atoms with Crippen LogP contribution in [0.15, 0.2) is 30.3 Å². The van der Waals surface area contributed by atoms with Crippen LogP contribution in [0.25, 0.3) is 0 Å². The van der Waals surface area contributed by atoms with Crippen molar-refractivity contribution in [2.24, 2.45) is 11.8 Å². The van der Waals surface area contributed by atoms with Crippen LogP contribution in [-0.4, -0.2) is 80.0 Å². The summed E-state index contributed by atoms with van der Waals surface area (Å²) in [7, 11) is 0. The van der Waals surface area contributed by atoms with Crippen LogP contribution in [0.4, 0.5) is 0 Å². The Labute approximate surface area is 149 Å². The van der Waals surface area contributed by atoms with Gasteiger partial charge in [-0.2, -0.15) is 0 Å². The van der Waals surface area contributed by atoms with E-state index in [0.29, 0.717) is 25.5 Å². The zero-order valence-corrected chi connectivity index (χ0v) is 14.7. The Morgan fingerprint density at radius 2 is 1.88 bits per heavy atom. The number of aliphatic hydroxyl groups excluding tert-OH is 1. The summed E-state index contributed by atoms with van der Waals surface area (Å²) in [5.74, 6) is 1.40. The first-order valence-electron chi connectivity index (χ1n) is 9.13. The summed E-state index contributed by atoms with van der Waals surface area (Å²) in [5.41, 5.74) is 0. The van der Waals surface area contributed by atoms with Gasteiger partial charge in [0.25, 0.3) is 0 Å². The molecule has 3 rings (SSSR count). The molecule has 6 heteroatoms. The number of amides is 1. The number of carbonyl (C=O) groups excluding carboxylic acids is 1. The topological polar surface area (TPSA) is 62.2 Å². The summed E-state index contributed by atoms with van der Waals surface area (Å²) >= 11 is 0. The number of carbonyl (C=O) groups is 1. The van der Waals surface area contributed by atoms with Crippen molar-refractivity contribution in [3.8, 4) is 5.75 Å². The first kappa shape index (κ1) is 18.2. The van der Waals surface area contributed by atoms with Crippen molar-refractivity contribution in [3.05, 3.63) is 30.3 Å². The van der Waals surface area contributed by atoms with Crippen LogP contribution in [0.1, 0.15) is 6.42 Å². The third-order valence-electron chi connectivity index (χ3n) is 5.09. The normalized spacial score (nSPS) is 24.4. The van der Waals surface area contributed by atoms with Crippen LogP contribution < -0.4 is 4.74 Å². The molecule has 6 nitrogen and oxygen atoms in total. The van der Waals surface area contributed by atoms with E-state index in [2.05, 4.69) is 4.90 Å². The van der Waals surface area contributed by atoms with Gasteiger partial charge in [0, 0.05) is 45.2 Å². The monoisotopic (exact) mass is 348 g/mol. The minimum absolute atomic E-state index is 0.110. The Kier molecular flexibility index (Phi) is 6.67. The van der Waals surface area contributed by atoms with Gasteiger partial charge in [-0.15, -0.1) is 0 Å². The number of hydrogen-bond donors (Lipinski definition) is 1. The molecule has 2 unspecified atom stereocenters. The van der Waals surface area contributed by atoms with Gasteiger partial charge >= 0.3 is 0 Å². The van der Waals surface area contributed by atoms with Gasteiger partial charge in [0.05, 0.1) is 26.2 Å². The maximum atomic E-state index is 12.5. The molecule has 1 amide bonds. The van der Waals surface area contributed by atoms with Crippen molar-refractivity contribution in [1.29, 1.82) is 0 Å². The van der Waals surface area contributed by atoms with Crippen molar-refractivity contribution >= 4 is 5.91 Å². The second-order valence-corrected chi connectivity index (χ2v) is 6.83. The summed E-state index contributed by atoms with van der Waals surface area (Å²) < 4.78 is 11.0. The fourth-order valence-electron chi connectivity index (χ4n) is 3.60. The molecule has 0 saturated carbocycles. The van der Waals surface area contributed by atoms with Crippen molar-refractivity contribution in [3.63, 3.8) is 0 Å². The molecule has 1 N–H and O–H groups in total. The second-order valence-electron chi connectivity index (χ2n) is 6.83. The molecule has 2 saturated heterocycles. The van der Waals surface area contributed by atoms with E-state index >= 15 is 0 Å². The number of likely N-dealkylation sites (tertiary alicyclic amines) is 1. The standard InChI is InChI=1S/C19H28N2O4/c22-15-17-14-21(13-16(17)12-20-7-10-24-11-8-20)19(23)6-9-25-18-4-2-1-3-5-18/h1-5,16-17,22H,6-15H2. The summed E-state index contributed by atoms with van der Waals surface area (Å²) in [6.45, 7) is 6.25. The van der Waals surface area contributed by atoms with Gasteiger partial charge in [-0.05, 0) is 18.1 Å². The molecule has 2 atom stereocenters. The molecule has 1 aromatic rings. The Morgan fingerprint density at radius 1 is 1.16 bits per heavy atom. The third-order valence-corrected chi connectivity index (χ3v) is 5.09. The maximum absolute atomic E-state index is 12.5. The number of nitrogens with zero attached hydrogens (tertiary/aromatic N) is 2. The van der Waals surface area contributed by atoms with E-state index in [1.165, 1.54) is 0 Å². The van der Waals surface area contributed by atoms with E-state index in [4.69, 9.17) is 9.47 Å². The lowest BCUT2D eigenvalue weighted by Crippen LogP contribution is -2.41. The van der Waals surface area contributed by atoms with Crippen LogP contribution in [0.3, 0.4) is 0 Å². The fourth-order valence-corrected chi connectivity index (χ4v) is 3.60. The number of hydrogen-bond acceptors (Lipinski definition) is 5. The van der Waals surface area contributed by atoms with Crippen LogP contribution in [-0.2, 0) is 9.53 Å².